The summed E-state index contributed by atoms with van der Waals surface area (Å²) in [7, 11) is 0. The number of nitrogens with zero attached hydrogens (tertiary/aromatic N) is 4. The van der Waals surface area contributed by atoms with Crippen LogP contribution in [0.4, 0.5) is 0 Å². The first kappa shape index (κ1) is 14.5. The smallest absolute Gasteiger partial charge is 0.340 e. The summed E-state index contributed by atoms with van der Waals surface area (Å²) >= 11 is 6.13. The lowest BCUT2D eigenvalue weighted by Crippen LogP contribution is -2.04. The summed E-state index contributed by atoms with van der Waals surface area (Å²) in [6.45, 7) is 5.79. The number of carboxylic acids is 1. The monoisotopic (exact) mass is 294 g/mol. The lowest BCUT2D eigenvalue weighted by atomic mass is 10.1. The number of carboxylic acid groups (broad SMARTS) is 1. The van der Waals surface area contributed by atoms with Gasteiger partial charge in [0.1, 0.15) is 10.7 Å². The maximum absolute atomic E-state index is 11.3. The summed E-state index contributed by atoms with van der Waals surface area (Å²) in [5.74, 6) is -0.410. The van der Waals surface area contributed by atoms with Crippen LogP contribution in [0.25, 0.3) is 5.82 Å². The first-order chi connectivity index (χ1) is 9.40. The van der Waals surface area contributed by atoms with Gasteiger partial charge in [-0.2, -0.15) is 10.2 Å². The van der Waals surface area contributed by atoms with Crippen molar-refractivity contribution in [2.45, 2.75) is 27.2 Å². The Bertz CT molecular complexity index is 635. The van der Waals surface area contributed by atoms with Crippen molar-refractivity contribution in [2.24, 2.45) is 5.92 Å². The van der Waals surface area contributed by atoms with E-state index in [0.717, 1.165) is 5.69 Å². The van der Waals surface area contributed by atoms with Gasteiger partial charge in [0, 0.05) is 0 Å². The molecule has 106 valence electrons. The molecule has 0 radical (unpaired) electrons. The lowest BCUT2D eigenvalue weighted by molar-refractivity contribution is 0.0695. The highest BCUT2D eigenvalue weighted by atomic mass is 35.5. The molecule has 1 N–H and O–H groups in total. The second kappa shape index (κ2) is 5.58. The molecule has 0 atom stereocenters. The molecule has 6 nitrogen and oxygen atoms in total. The lowest BCUT2D eigenvalue weighted by Gasteiger charge is -2.01. The molecule has 7 heteroatoms. The number of aromatic carboxylic acids is 1. The normalized spacial score (nSPS) is 11.1. The van der Waals surface area contributed by atoms with Gasteiger partial charge in [0.05, 0.1) is 11.4 Å². The molecule has 0 saturated heterocycles. The molecule has 0 spiro atoms. The highest BCUT2D eigenvalue weighted by molar-refractivity contribution is 6.32. The Morgan fingerprint density at radius 3 is 2.60 bits per heavy atom. The molecular weight excluding hydrogens is 280 g/mol. The quantitative estimate of drug-likeness (QED) is 0.937. The number of hydrogen-bond donors (Lipinski definition) is 1. The molecule has 0 aromatic carbocycles. The molecule has 20 heavy (non-hydrogen) atoms. The average molecular weight is 295 g/mol. The number of carbonyl (C=O) groups is 1. The molecule has 2 aromatic rings. The van der Waals surface area contributed by atoms with E-state index in [1.807, 2.05) is 20.8 Å². The van der Waals surface area contributed by atoms with Gasteiger partial charge in [-0.3, -0.25) is 0 Å². The van der Waals surface area contributed by atoms with Crippen LogP contribution >= 0.6 is 11.6 Å². The first-order valence-corrected chi connectivity index (χ1v) is 6.59. The fraction of sp³-hybridized carbons (Fsp3) is 0.385. The van der Waals surface area contributed by atoms with E-state index in [-0.39, 0.29) is 16.6 Å². The van der Waals surface area contributed by atoms with Crippen LogP contribution in [0, 0.1) is 12.8 Å². The molecule has 2 heterocycles. The van der Waals surface area contributed by atoms with Crippen molar-refractivity contribution in [2.75, 3.05) is 0 Å². The highest BCUT2D eigenvalue weighted by Gasteiger charge is 2.24. The summed E-state index contributed by atoms with van der Waals surface area (Å²) in [4.78, 5) is 11.3. The second-order valence-corrected chi connectivity index (χ2v) is 5.32. The SMILES string of the molecule is Cc1ccc(-n2nc(CC(C)C)c(C(=O)O)c2Cl)nn1. The maximum Gasteiger partial charge on any atom is 0.340 e. The number of rotatable bonds is 4. The van der Waals surface area contributed by atoms with Gasteiger partial charge in [-0.1, -0.05) is 25.4 Å². The van der Waals surface area contributed by atoms with Gasteiger partial charge in [0.15, 0.2) is 5.82 Å². The summed E-state index contributed by atoms with van der Waals surface area (Å²) in [5.41, 5.74) is 1.25. The van der Waals surface area contributed by atoms with Crippen LogP contribution in [-0.4, -0.2) is 31.1 Å². The van der Waals surface area contributed by atoms with Crippen molar-refractivity contribution in [3.8, 4) is 5.82 Å². The van der Waals surface area contributed by atoms with Crippen molar-refractivity contribution >= 4 is 17.6 Å². The van der Waals surface area contributed by atoms with Crippen LogP contribution in [0.1, 0.15) is 35.6 Å². The largest absolute Gasteiger partial charge is 0.478 e. The molecule has 2 rings (SSSR count). The van der Waals surface area contributed by atoms with E-state index >= 15 is 0 Å². The van der Waals surface area contributed by atoms with E-state index < -0.39 is 5.97 Å². The van der Waals surface area contributed by atoms with Crippen LogP contribution in [0.15, 0.2) is 12.1 Å². The topological polar surface area (TPSA) is 80.9 Å². The van der Waals surface area contributed by atoms with Gasteiger partial charge < -0.3 is 5.11 Å². The number of aryl methyl sites for hydroxylation is 1. The molecule has 0 aliphatic rings. The van der Waals surface area contributed by atoms with Crippen LogP contribution < -0.4 is 0 Å². The minimum Gasteiger partial charge on any atom is -0.478 e. The standard InChI is InChI=1S/C13H15ClN4O2/c1-7(2)6-9-11(13(19)20)12(14)18(17-9)10-5-4-8(3)15-16-10/h4-5,7H,6H2,1-3H3,(H,19,20). The predicted molar refractivity (Wildman–Crippen MR) is 74.4 cm³/mol. The van der Waals surface area contributed by atoms with Crippen molar-refractivity contribution < 1.29 is 9.90 Å². The Morgan fingerprint density at radius 1 is 1.40 bits per heavy atom. The third-order valence-corrected chi connectivity index (χ3v) is 3.07. The van der Waals surface area contributed by atoms with E-state index in [9.17, 15) is 9.90 Å². The van der Waals surface area contributed by atoms with E-state index in [0.29, 0.717) is 17.9 Å². The van der Waals surface area contributed by atoms with Crippen molar-refractivity contribution in [3.63, 3.8) is 0 Å². The number of halogens is 1. The van der Waals surface area contributed by atoms with E-state index in [4.69, 9.17) is 11.6 Å². The van der Waals surface area contributed by atoms with Gasteiger partial charge in [0.25, 0.3) is 0 Å². The van der Waals surface area contributed by atoms with Gasteiger partial charge in [-0.05, 0) is 31.4 Å². The van der Waals surface area contributed by atoms with Crippen LogP contribution in [0.2, 0.25) is 5.15 Å². The minimum absolute atomic E-state index is 0.0303. The van der Waals surface area contributed by atoms with Crippen molar-refractivity contribution in [3.05, 3.63) is 34.2 Å². The van der Waals surface area contributed by atoms with Crippen LogP contribution in [0.5, 0.6) is 0 Å². The fourth-order valence-electron chi connectivity index (χ4n) is 1.84. The fourth-order valence-corrected chi connectivity index (χ4v) is 2.15. The summed E-state index contributed by atoms with van der Waals surface area (Å²) in [6.07, 6.45) is 0.535. The third kappa shape index (κ3) is 2.80. The molecule has 0 aliphatic heterocycles. The molecule has 0 aliphatic carbocycles. The van der Waals surface area contributed by atoms with Crippen LogP contribution in [-0.2, 0) is 6.42 Å². The molecule has 0 bridgehead atoms. The van der Waals surface area contributed by atoms with E-state index in [1.54, 1.807) is 12.1 Å². The Hall–Kier alpha value is -1.95. The average Bonchev–Trinajstić information content (AvgIpc) is 2.66. The van der Waals surface area contributed by atoms with Gasteiger partial charge in [-0.25, -0.2) is 9.48 Å². The summed E-state index contributed by atoms with van der Waals surface area (Å²) in [6, 6.07) is 3.47. The minimum atomic E-state index is -1.09. The Morgan fingerprint density at radius 2 is 2.10 bits per heavy atom. The third-order valence-electron chi connectivity index (χ3n) is 2.72. The Balaban J connectivity index is 2.54. The van der Waals surface area contributed by atoms with Gasteiger partial charge in [0.2, 0.25) is 0 Å². The zero-order chi connectivity index (χ0) is 14.9. The number of aromatic nitrogens is 4. The van der Waals surface area contributed by atoms with Gasteiger partial charge >= 0.3 is 5.97 Å². The summed E-state index contributed by atoms with van der Waals surface area (Å²) in [5, 5.41) is 21.5. The molecule has 0 unspecified atom stereocenters. The van der Waals surface area contributed by atoms with E-state index in [2.05, 4.69) is 15.3 Å². The molecular formula is C13H15ClN4O2. The van der Waals surface area contributed by atoms with Gasteiger partial charge in [-0.15, -0.1) is 5.10 Å². The zero-order valence-electron chi connectivity index (χ0n) is 11.5. The van der Waals surface area contributed by atoms with E-state index in [1.165, 1.54) is 4.68 Å². The second-order valence-electron chi connectivity index (χ2n) is 4.96. The highest BCUT2D eigenvalue weighted by Crippen LogP contribution is 2.24. The zero-order valence-corrected chi connectivity index (χ0v) is 12.2. The number of hydrogen-bond acceptors (Lipinski definition) is 4. The molecule has 0 saturated carbocycles. The summed E-state index contributed by atoms with van der Waals surface area (Å²) < 4.78 is 1.31. The Labute approximate surface area is 121 Å². The molecule has 2 aromatic heterocycles. The van der Waals surface area contributed by atoms with Crippen molar-refractivity contribution in [1.29, 1.82) is 0 Å². The predicted octanol–water partition coefficient (Wildman–Crippen LogP) is 2.52. The maximum atomic E-state index is 11.3. The van der Waals surface area contributed by atoms with Crippen LogP contribution in [0.3, 0.4) is 0 Å². The van der Waals surface area contributed by atoms with Crippen molar-refractivity contribution in [1.82, 2.24) is 20.0 Å². The first-order valence-electron chi connectivity index (χ1n) is 6.21. The molecule has 0 fully saturated rings. The Kier molecular flexibility index (Phi) is 4.04. The molecule has 0 amide bonds.